The maximum absolute atomic E-state index is 12.3. The number of nitrogens with one attached hydrogen (secondary N) is 2. The number of aliphatic hydroxyl groups is 1. The first-order valence-electron chi connectivity index (χ1n) is 8.32. The second-order valence-electron chi connectivity index (χ2n) is 6.55. The summed E-state index contributed by atoms with van der Waals surface area (Å²) in [4.78, 5) is 17.3. The molecular weight excluding hydrogens is 290 g/mol. The van der Waals surface area contributed by atoms with Gasteiger partial charge in [-0.1, -0.05) is 19.1 Å². The summed E-state index contributed by atoms with van der Waals surface area (Å²) in [6, 6.07) is 6.25. The van der Waals surface area contributed by atoms with Gasteiger partial charge in [-0.25, -0.2) is 4.79 Å². The minimum atomic E-state index is -0.0657. The van der Waals surface area contributed by atoms with Crippen LogP contribution in [0.4, 0.5) is 4.79 Å². The summed E-state index contributed by atoms with van der Waals surface area (Å²) in [5.74, 6) is 0.364. The van der Waals surface area contributed by atoms with Gasteiger partial charge in [0.15, 0.2) is 0 Å². The Balaban J connectivity index is 1.57. The fourth-order valence-electron chi connectivity index (χ4n) is 3.45. The molecule has 1 aromatic heterocycles. The van der Waals surface area contributed by atoms with Crippen LogP contribution in [0.1, 0.15) is 24.5 Å². The van der Waals surface area contributed by atoms with Crippen LogP contribution < -0.4 is 5.32 Å². The molecule has 124 valence electrons. The fourth-order valence-corrected chi connectivity index (χ4v) is 3.45. The molecule has 0 bridgehead atoms. The van der Waals surface area contributed by atoms with Crippen LogP contribution in [0.15, 0.2) is 24.4 Å². The van der Waals surface area contributed by atoms with E-state index in [0.29, 0.717) is 12.5 Å². The number of urea groups is 1. The van der Waals surface area contributed by atoms with Gasteiger partial charge in [0, 0.05) is 30.2 Å². The van der Waals surface area contributed by atoms with Crippen LogP contribution in [0.5, 0.6) is 0 Å². The number of aliphatic hydroxyl groups excluding tert-OH is 1. The summed E-state index contributed by atoms with van der Waals surface area (Å²) in [5, 5.41) is 13.6. The molecule has 1 aromatic carbocycles. The Labute approximate surface area is 136 Å². The number of aryl methyl sites for hydroxylation is 1. The SMILES string of the molecule is Cc1ccc2c(CCNC(=O)N3CC[C@H](C)[C@H]3CO)c[nH]c2c1. The summed E-state index contributed by atoms with van der Waals surface area (Å²) < 4.78 is 0. The number of hydrogen-bond donors (Lipinski definition) is 3. The molecule has 2 heterocycles. The Bertz CT molecular complexity index is 695. The van der Waals surface area contributed by atoms with Crippen molar-refractivity contribution in [1.82, 2.24) is 15.2 Å². The molecule has 0 unspecified atom stereocenters. The van der Waals surface area contributed by atoms with E-state index in [9.17, 15) is 9.90 Å². The number of hydrogen-bond acceptors (Lipinski definition) is 2. The van der Waals surface area contributed by atoms with E-state index < -0.39 is 0 Å². The van der Waals surface area contributed by atoms with Crippen molar-refractivity contribution in [1.29, 1.82) is 0 Å². The van der Waals surface area contributed by atoms with E-state index in [1.54, 1.807) is 4.90 Å². The summed E-state index contributed by atoms with van der Waals surface area (Å²) in [6.45, 7) is 5.53. The standard InChI is InChI=1S/C18H25N3O2/c1-12-3-4-15-14(10-20-16(15)9-12)5-7-19-18(23)21-8-6-13(2)17(21)11-22/h3-4,9-10,13,17,20,22H,5-8,11H2,1-2H3,(H,19,23)/t13-,17+/m0/s1. The van der Waals surface area contributed by atoms with Gasteiger partial charge in [-0.05, 0) is 42.9 Å². The molecular formula is C18H25N3O2. The highest BCUT2D eigenvalue weighted by molar-refractivity contribution is 5.84. The van der Waals surface area contributed by atoms with Crippen LogP contribution in [0.3, 0.4) is 0 Å². The molecule has 1 aliphatic heterocycles. The van der Waals surface area contributed by atoms with Crippen LogP contribution in [0, 0.1) is 12.8 Å². The number of nitrogens with zero attached hydrogens (tertiary/aromatic N) is 1. The maximum atomic E-state index is 12.3. The third kappa shape index (κ3) is 3.20. The second kappa shape index (κ2) is 6.62. The minimum Gasteiger partial charge on any atom is -0.394 e. The molecule has 2 atom stereocenters. The van der Waals surface area contributed by atoms with E-state index in [-0.39, 0.29) is 18.7 Å². The topological polar surface area (TPSA) is 68.4 Å². The first kappa shape index (κ1) is 15.9. The van der Waals surface area contributed by atoms with Crippen molar-refractivity contribution >= 4 is 16.9 Å². The van der Waals surface area contributed by atoms with Crippen LogP contribution in [0.25, 0.3) is 10.9 Å². The predicted molar refractivity (Wildman–Crippen MR) is 91.5 cm³/mol. The second-order valence-corrected chi connectivity index (χ2v) is 6.55. The molecule has 0 saturated carbocycles. The number of rotatable bonds is 4. The molecule has 5 nitrogen and oxygen atoms in total. The maximum Gasteiger partial charge on any atom is 0.317 e. The Hall–Kier alpha value is -2.01. The monoisotopic (exact) mass is 315 g/mol. The van der Waals surface area contributed by atoms with Gasteiger partial charge in [0.05, 0.1) is 12.6 Å². The average Bonchev–Trinajstić information content (AvgIpc) is 3.10. The molecule has 0 aliphatic carbocycles. The van der Waals surface area contributed by atoms with E-state index in [2.05, 4.69) is 42.3 Å². The van der Waals surface area contributed by atoms with Crippen molar-refractivity contribution in [2.45, 2.75) is 32.7 Å². The number of carbonyl (C=O) groups excluding carboxylic acids is 1. The lowest BCUT2D eigenvalue weighted by Crippen LogP contribution is -2.46. The lowest BCUT2D eigenvalue weighted by Gasteiger charge is -2.25. The number of carbonyl (C=O) groups is 1. The summed E-state index contributed by atoms with van der Waals surface area (Å²) >= 11 is 0. The number of aromatic nitrogens is 1. The highest BCUT2D eigenvalue weighted by atomic mass is 16.3. The zero-order chi connectivity index (χ0) is 16.4. The number of likely N-dealkylation sites (tertiary alicyclic amines) is 1. The van der Waals surface area contributed by atoms with E-state index in [0.717, 1.165) is 24.9 Å². The number of H-pyrrole nitrogens is 1. The molecule has 1 saturated heterocycles. The Morgan fingerprint density at radius 1 is 1.48 bits per heavy atom. The molecule has 3 rings (SSSR count). The predicted octanol–water partition coefficient (Wildman–Crippen LogP) is 2.43. The highest BCUT2D eigenvalue weighted by Gasteiger charge is 2.33. The van der Waals surface area contributed by atoms with Gasteiger partial charge in [-0.15, -0.1) is 0 Å². The van der Waals surface area contributed by atoms with Gasteiger partial charge >= 0.3 is 6.03 Å². The number of benzene rings is 1. The number of aromatic amines is 1. The first-order valence-corrected chi connectivity index (χ1v) is 8.32. The van der Waals surface area contributed by atoms with E-state index in [1.165, 1.54) is 16.5 Å². The van der Waals surface area contributed by atoms with E-state index >= 15 is 0 Å². The minimum absolute atomic E-state index is 0.0381. The Kier molecular flexibility index (Phi) is 4.57. The van der Waals surface area contributed by atoms with Gasteiger partial charge in [0.1, 0.15) is 0 Å². The van der Waals surface area contributed by atoms with Gasteiger partial charge in [-0.3, -0.25) is 0 Å². The molecule has 1 fully saturated rings. The molecule has 5 heteroatoms. The summed E-state index contributed by atoms with van der Waals surface area (Å²) in [5.41, 5.74) is 3.59. The molecule has 23 heavy (non-hydrogen) atoms. The van der Waals surface area contributed by atoms with Crippen molar-refractivity contribution in [3.8, 4) is 0 Å². The van der Waals surface area contributed by atoms with Gasteiger partial charge in [0.2, 0.25) is 0 Å². The molecule has 3 N–H and O–H groups in total. The van der Waals surface area contributed by atoms with Crippen LogP contribution >= 0.6 is 0 Å². The number of fused-ring (bicyclic) bond motifs is 1. The van der Waals surface area contributed by atoms with Crippen molar-refractivity contribution in [3.63, 3.8) is 0 Å². The van der Waals surface area contributed by atoms with Crippen LogP contribution in [-0.2, 0) is 6.42 Å². The largest absolute Gasteiger partial charge is 0.394 e. The van der Waals surface area contributed by atoms with Crippen molar-refractivity contribution in [3.05, 3.63) is 35.5 Å². The summed E-state index contributed by atoms with van der Waals surface area (Å²) in [7, 11) is 0. The Morgan fingerprint density at radius 2 is 2.30 bits per heavy atom. The number of amides is 2. The van der Waals surface area contributed by atoms with Crippen LogP contribution in [0.2, 0.25) is 0 Å². The lowest BCUT2D eigenvalue weighted by atomic mass is 10.0. The zero-order valence-corrected chi connectivity index (χ0v) is 13.8. The molecule has 1 aliphatic rings. The van der Waals surface area contributed by atoms with Crippen molar-refractivity contribution in [2.75, 3.05) is 19.7 Å². The smallest absolute Gasteiger partial charge is 0.317 e. The zero-order valence-electron chi connectivity index (χ0n) is 13.8. The normalized spacial score (nSPS) is 21.1. The highest BCUT2D eigenvalue weighted by Crippen LogP contribution is 2.23. The average molecular weight is 315 g/mol. The molecule has 2 aromatic rings. The van der Waals surface area contributed by atoms with E-state index in [4.69, 9.17) is 0 Å². The molecule has 0 radical (unpaired) electrons. The van der Waals surface area contributed by atoms with Gasteiger partial charge < -0.3 is 20.3 Å². The van der Waals surface area contributed by atoms with Gasteiger partial charge in [0.25, 0.3) is 0 Å². The lowest BCUT2D eigenvalue weighted by molar-refractivity contribution is 0.144. The van der Waals surface area contributed by atoms with Gasteiger partial charge in [-0.2, -0.15) is 0 Å². The van der Waals surface area contributed by atoms with Crippen LogP contribution in [-0.4, -0.2) is 46.8 Å². The quantitative estimate of drug-likeness (QED) is 0.811. The third-order valence-corrected chi connectivity index (χ3v) is 4.92. The van der Waals surface area contributed by atoms with Crippen molar-refractivity contribution in [2.24, 2.45) is 5.92 Å². The molecule has 0 spiro atoms. The Morgan fingerprint density at radius 3 is 3.09 bits per heavy atom. The van der Waals surface area contributed by atoms with Crippen molar-refractivity contribution < 1.29 is 9.90 Å². The van der Waals surface area contributed by atoms with E-state index in [1.807, 2.05) is 6.20 Å². The fraction of sp³-hybridized carbons (Fsp3) is 0.500. The molecule has 2 amide bonds. The first-order chi connectivity index (χ1) is 11.1. The summed E-state index contributed by atoms with van der Waals surface area (Å²) in [6.07, 6.45) is 3.77. The third-order valence-electron chi connectivity index (χ3n) is 4.92.